The van der Waals surface area contributed by atoms with Crippen molar-refractivity contribution in [3.63, 3.8) is 0 Å². The molecule has 2 rings (SSSR count). The summed E-state index contributed by atoms with van der Waals surface area (Å²) in [7, 11) is 0. The van der Waals surface area contributed by atoms with Crippen molar-refractivity contribution in [1.29, 1.82) is 0 Å². The molecule has 3 N–H and O–H groups in total. The summed E-state index contributed by atoms with van der Waals surface area (Å²) in [4.78, 5) is 21.8. The lowest BCUT2D eigenvalue weighted by Crippen LogP contribution is -2.12. The van der Waals surface area contributed by atoms with Gasteiger partial charge in [0.25, 0.3) is 0 Å². The molecule has 0 atom stereocenters. The van der Waals surface area contributed by atoms with Crippen LogP contribution in [0.25, 0.3) is 11.3 Å². The highest BCUT2D eigenvalue weighted by Gasteiger charge is 2.18. The smallest absolute Gasteiger partial charge is 0.325 e. The van der Waals surface area contributed by atoms with Gasteiger partial charge in [0.2, 0.25) is 0 Å². The first-order chi connectivity index (χ1) is 9.43. The summed E-state index contributed by atoms with van der Waals surface area (Å²) < 4.78 is 14.3. The van der Waals surface area contributed by atoms with Crippen molar-refractivity contribution in [3.05, 3.63) is 35.1 Å². The highest BCUT2D eigenvalue weighted by atomic mass is 19.1. The normalized spacial score (nSPS) is 10.5. The first-order valence-corrected chi connectivity index (χ1v) is 5.73. The molecule has 0 saturated carbocycles. The van der Waals surface area contributed by atoms with Crippen LogP contribution in [-0.4, -0.2) is 27.1 Å². The second kappa shape index (κ2) is 5.12. The fourth-order valence-electron chi connectivity index (χ4n) is 1.86. The Labute approximate surface area is 113 Å². The van der Waals surface area contributed by atoms with E-state index in [4.69, 9.17) is 10.8 Å². The Kier molecular flexibility index (Phi) is 3.51. The van der Waals surface area contributed by atoms with Crippen LogP contribution < -0.4 is 5.73 Å². The number of carbonyl (C=O) groups excluding carboxylic acids is 1. The Hall–Kier alpha value is -2.70. The minimum Gasteiger partial charge on any atom is -0.480 e. The topological polar surface area (TPSA) is 98.2 Å². The Morgan fingerprint density at radius 3 is 2.80 bits per heavy atom. The molecular weight excluding hydrogens is 265 g/mol. The quantitative estimate of drug-likeness (QED) is 0.825. The number of benzene rings is 1. The van der Waals surface area contributed by atoms with Gasteiger partial charge < -0.3 is 10.8 Å². The number of nitrogen functional groups attached to an aromatic ring is 1. The number of halogens is 1. The molecule has 0 amide bonds. The maximum atomic E-state index is 13.3. The summed E-state index contributed by atoms with van der Waals surface area (Å²) in [6, 6.07) is 4.24. The van der Waals surface area contributed by atoms with Crippen LogP contribution in [0.4, 0.5) is 10.2 Å². The SMILES string of the molecule is Cc1cc(-c2nn(CC(=O)O)c(N)c2C=O)ccc1F. The van der Waals surface area contributed by atoms with Crippen LogP contribution in [0, 0.1) is 12.7 Å². The van der Waals surface area contributed by atoms with Gasteiger partial charge in [-0.15, -0.1) is 0 Å². The van der Waals surface area contributed by atoms with Crippen LogP contribution in [0.5, 0.6) is 0 Å². The third-order valence-corrected chi connectivity index (χ3v) is 2.86. The molecule has 1 aromatic heterocycles. The number of rotatable bonds is 4. The van der Waals surface area contributed by atoms with E-state index in [2.05, 4.69) is 5.10 Å². The van der Waals surface area contributed by atoms with Crippen molar-refractivity contribution >= 4 is 18.1 Å². The molecule has 104 valence electrons. The van der Waals surface area contributed by atoms with Gasteiger partial charge >= 0.3 is 5.97 Å². The van der Waals surface area contributed by atoms with Crippen LogP contribution >= 0.6 is 0 Å². The minimum atomic E-state index is -1.13. The maximum absolute atomic E-state index is 13.3. The Balaban J connectivity index is 2.58. The van der Waals surface area contributed by atoms with Gasteiger partial charge in [0.15, 0.2) is 6.29 Å². The van der Waals surface area contributed by atoms with Gasteiger partial charge in [0, 0.05) is 5.56 Å². The summed E-state index contributed by atoms with van der Waals surface area (Å²) in [5.74, 6) is -1.53. The number of aromatic nitrogens is 2. The molecule has 1 heterocycles. The fourth-order valence-corrected chi connectivity index (χ4v) is 1.86. The van der Waals surface area contributed by atoms with Gasteiger partial charge in [-0.1, -0.05) is 0 Å². The second-order valence-corrected chi connectivity index (χ2v) is 4.28. The molecule has 0 unspecified atom stereocenters. The zero-order chi connectivity index (χ0) is 14.9. The predicted molar refractivity (Wildman–Crippen MR) is 69.8 cm³/mol. The van der Waals surface area contributed by atoms with Gasteiger partial charge in [0.05, 0.1) is 5.56 Å². The van der Waals surface area contributed by atoms with E-state index in [-0.39, 0.29) is 22.9 Å². The molecule has 0 fully saturated rings. The molecule has 2 aromatic rings. The van der Waals surface area contributed by atoms with E-state index in [0.717, 1.165) is 4.68 Å². The number of hydrogen-bond donors (Lipinski definition) is 2. The molecule has 0 aliphatic heterocycles. The van der Waals surface area contributed by atoms with Crippen LogP contribution in [0.2, 0.25) is 0 Å². The Bertz CT molecular complexity index is 694. The maximum Gasteiger partial charge on any atom is 0.325 e. The van der Waals surface area contributed by atoms with Gasteiger partial charge in [-0.3, -0.25) is 9.59 Å². The number of carboxylic acids is 1. The number of aldehydes is 1. The lowest BCUT2D eigenvalue weighted by Gasteiger charge is -2.01. The van der Waals surface area contributed by atoms with E-state index < -0.39 is 12.5 Å². The minimum absolute atomic E-state index is 0.0284. The van der Waals surface area contributed by atoms with Crippen LogP contribution in [0.15, 0.2) is 18.2 Å². The summed E-state index contributed by atoms with van der Waals surface area (Å²) in [5.41, 5.74) is 6.93. The number of carboxylic acid groups (broad SMARTS) is 1. The fraction of sp³-hybridized carbons (Fsp3) is 0.154. The van der Waals surface area contributed by atoms with Crippen LogP contribution in [-0.2, 0) is 11.3 Å². The van der Waals surface area contributed by atoms with E-state index in [0.29, 0.717) is 17.4 Å². The third-order valence-electron chi connectivity index (χ3n) is 2.86. The van der Waals surface area contributed by atoms with Gasteiger partial charge in [0.1, 0.15) is 23.9 Å². The number of aliphatic carboxylic acids is 1. The predicted octanol–water partition coefficient (Wildman–Crippen LogP) is 1.48. The van der Waals surface area contributed by atoms with Gasteiger partial charge in [-0.2, -0.15) is 5.10 Å². The molecule has 0 spiro atoms. The molecule has 0 bridgehead atoms. The second-order valence-electron chi connectivity index (χ2n) is 4.28. The average Bonchev–Trinajstić information content (AvgIpc) is 2.69. The van der Waals surface area contributed by atoms with Gasteiger partial charge in [-0.05, 0) is 30.7 Å². The first-order valence-electron chi connectivity index (χ1n) is 5.73. The van der Waals surface area contributed by atoms with E-state index in [9.17, 15) is 14.0 Å². The molecule has 7 heteroatoms. The number of hydrogen-bond acceptors (Lipinski definition) is 4. The molecule has 1 aromatic carbocycles. The summed E-state index contributed by atoms with van der Waals surface area (Å²) in [6.07, 6.45) is 0.509. The molecular formula is C13H12FN3O3. The number of anilines is 1. The van der Waals surface area contributed by atoms with E-state index in [1.807, 2.05) is 0 Å². The van der Waals surface area contributed by atoms with Gasteiger partial charge in [-0.25, -0.2) is 9.07 Å². The number of nitrogens with two attached hydrogens (primary N) is 1. The van der Waals surface area contributed by atoms with Crippen molar-refractivity contribution in [3.8, 4) is 11.3 Å². The number of aryl methyl sites for hydroxylation is 1. The van der Waals surface area contributed by atoms with E-state index in [1.165, 1.54) is 18.2 Å². The Morgan fingerprint density at radius 1 is 1.55 bits per heavy atom. The first kappa shape index (κ1) is 13.7. The number of nitrogens with zero attached hydrogens (tertiary/aromatic N) is 2. The number of carbonyl (C=O) groups is 2. The molecule has 0 radical (unpaired) electrons. The summed E-state index contributed by atoms with van der Waals surface area (Å²) in [6.45, 7) is 1.13. The van der Waals surface area contributed by atoms with Crippen LogP contribution in [0.3, 0.4) is 0 Å². The highest BCUT2D eigenvalue weighted by Crippen LogP contribution is 2.27. The van der Waals surface area contributed by atoms with Crippen molar-refractivity contribution in [1.82, 2.24) is 9.78 Å². The van der Waals surface area contributed by atoms with Crippen molar-refractivity contribution in [2.45, 2.75) is 13.5 Å². The highest BCUT2D eigenvalue weighted by molar-refractivity contribution is 5.92. The molecule has 0 saturated heterocycles. The van der Waals surface area contributed by atoms with Crippen LogP contribution in [0.1, 0.15) is 15.9 Å². The largest absolute Gasteiger partial charge is 0.480 e. The lowest BCUT2D eigenvalue weighted by atomic mass is 10.1. The monoisotopic (exact) mass is 277 g/mol. The summed E-state index contributed by atoms with van der Waals surface area (Å²) in [5, 5.41) is 12.8. The zero-order valence-electron chi connectivity index (χ0n) is 10.6. The standard InChI is InChI=1S/C13H12FN3O3/c1-7-4-8(2-3-10(7)14)12-9(6-18)13(15)17(16-12)5-11(19)20/h2-4,6H,5,15H2,1H3,(H,19,20). The van der Waals surface area contributed by atoms with Crippen molar-refractivity contribution < 1.29 is 19.1 Å². The Morgan fingerprint density at radius 2 is 2.25 bits per heavy atom. The molecule has 0 aliphatic carbocycles. The van der Waals surface area contributed by atoms with Crippen molar-refractivity contribution in [2.24, 2.45) is 0 Å². The van der Waals surface area contributed by atoms with Crippen molar-refractivity contribution in [2.75, 3.05) is 5.73 Å². The lowest BCUT2D eigenvalue weighted by molar-refractivity contribution is -0.137. The molecule has 0 aliphatic rings. The summed E-state index contributed by atoms with van der Waals surface area (Å²) >= 11 is 0. The average molecular weight is 277 g/mol. The third kappa shape index (κ3) is 2.37. The zero-order valence-corrected chi connectivity index (χ0v) is 10.6. The van der Waals surface area contributed by atoms with E-state index in [1.54, 1.807) is 6.92 Å². The molecule has 6 nitrogen and oxygen atoms in total. The molecule has 20 heavy (non-hydrogen) atoms. The van der Waals surface area contributed by atoms with E-state index >= 15 is 0 Å².